The third-order valence-electron chi connectivity index (χ3n) is 5.06. The number of hydrogen-bond acceptors (Lipinski definition) is 10. The van der Waals surface area contributed by atoms with Gasteiger partial charge < -0.3 is 19.9 Å². The molecule has 1 saturated heterocycles. The van der Waals surface area contributed by atoms with E-state index in [0.29, 0.717) is 24.0 Å². The number of likely N-dealkylation sites (N-methyl/N-ethyl adjacent to an activating group) is 1. The molecule has 2 aromatic heterocycles. The van der Waals surface area contributed by atoms with Crippen molar-refractivity contribution >= 4 is 42.4 Å². The van der Waals surface area contributed by atoms with Crippen molar-refractivity contribution in [3.8, 4) is 5.88 Å². The lowest BCUT2D eigenvalue weighted by molar-refractivity contribution is 0.142. The lowest BCUT2D eigenvalue weighted by Crippen LogP contribution is -2.45. The Kier molecular flexibility index (Phi) is 9.19. The maximum Gasteiger partial charge on any atom is 0.416 e. The number of piperidine rings is 1. The van der Waals surface area contributed by atoms with E-state index in [9.17, 15) is 9.59 Å². The van der Waals surface area contributed by atoms with Crippen molar-refractivity contribution in [2.45, 2.75) is 56.1 Å². The predicted molar refractivity (Wildman–Crippen MR) is 137 cm³/mol. The number of hydrogen-bond donors (Lipinski definition) is 2. The van der Waals surface area contributed by atoms with Crippen molar-refractivity contribution in [1.82, 2.24) is 40.3 Å². The summed E-state index contributed by atoms with van der Waals surface area (Å²) in [5.74, 6) is 0.160. The van der Waals surface area contributed by atoms with Crippen molar-refractivity contribution in [2.75, 3.05) is 38.0 Å². The van der Waals surface area contributed by atoms with Gasteiger partial charge in [-0.25, -0.2) is 23.6 Å². The standard InChI is InChI=1S/C21H33N9O3S2/c1-21(2,3)23-18(31)30(34)15-6-7-17(22-14-15)33-20(32)28-10-8-16(9-11-28)35-19-24-25-26-29(19)13-12-27(4)5/h6-7,14,16,34H,8-13H2,1-5H3,(H,23,31). The SMILES string of the molecule is CN(C)CCn1nnnc1SC1CCN(C(=O)Oc2ccc(N(S)C(=O)NC(C)(C)C)cn2)CC1. The Morgan fingerprint density at radius 1 is 1.26 bits per heavy atom. The largest absolute Gasteiger partial charge is 0.416 e. The molecule has 192 valence electrons. The first-order valence-corrected chi connectivity index (χ1v) is 12.6. The van der Waals surface area contributed by atoms with Crippen LogP contribution in [0.2, 0.25) is 0 Å². The van der Waals surface area contributed by atoms with Crippen LogP contribution in [0.15, 0.2) is 23.5 Å². The summed E-state index contributed by atoms with van der Waals surface area (Å²) in [5.41, 5.74) is 0.0637. The van der Waals surface area contributed by atoms with Crippen LogP contribution in [0, 0.1) is 0 Å². The molecule has 14 heteroatoms. The third kappa shape index (κ3) is 8.25. The molecule has 3 heterocycles. The number of amides is 3. The van der Waals surface area contributed by atoms with Crippen molar-refractivity contribution in [3.63, 3.8) is 0 Å². The number of carbonyl (C=O) groups is 2. The average Bonchev–Trinajstić information content (AvgIpc) is 3.24. The highest BCUT2D eigenvalue weighted by molar-refractivity contribution is 7.99. The van der Waals surface area contributed by atoms with Gasteiger partial charge in [0.2, 0.25) is 11.0 Å². The van der Waals surface area contributed by atoms with E-state index in [2.05, 4.69) is 43.5 Å². The quantitative estimate of drug-likeness (QED) is 0.527. The molecule has 3 rings (SSSR count). The van der Waals surface area contributed by atoms with Crippen LogP contribution in [0.5, 0.6) is 5.88 Å². The predicted octanol–water partition coefficient (Wildman–Crippen LogP) is 2.54. The Bertz CT molecular complexity index is 987. The summed E-state index contributed by atoms with van der Waals surface area (Å²) >= 11 is 5.88. The van der Waals surface area contributed by atoms with E-state index >= 15 is 0 Å². The highest BCUT2D eigenvalue weighted by Crippen LogP contribution is 2.29. The Labute approximate surface area is 215 Å². The minimum absolute atomic E-state index is 0.160. The molecule has 1 fully saturated rings. The normalized spacial score (nSPS) is 14.8. The fourth-order valence-corrected chi connectivity index (χ4v) is 4.47. The van der Waals surface area contributed by atoms with Gasteiger partial charge in [0, 0.05) is 36.5 Å². The number of ether oxygens (including phenoxy) is 1. The summed E-state index contributed by atoms with van der Waals surface area (Å²) in [6, 6.07) is 2.78. The molecule has 3 amide bonds. The van der Waals surface area contributed by atoms with E-state index in [0.717, 1.165) is 35.4 Å². The molecule has 35 heavy (non-hydrogen) atoms. The Morgan fingerprint density at radius 2 is 1.97 bits per heavy atom. The summed E-state index contributed by atoms with van der Waals surface area (Å²) in [4.78, 5) is 32.7. The fraction of sp³-hybridized carbons (Fsp3) is 0.619. The van der Waals surface area contributed by atoms with Gasteiger partial charge in [0.1, 0.15) is 0 Å². The number of likely N-dealkylation sites (tertiary alicyclic amines) is 1. The first-order chi connectivity index (χ1) is 16.5. The topological polar surface area (TPSA) is 122 Å². The number of carbonyl (C=O) groups excluding carboxylic acids is 2. The number of nitrogens with zero attached hydrogens (tertiary/aromatic N) is 8. The maximum atomic E-state index is 12.6. The molecule has 0 bridgehead atoms. The van der Waals surface area contributed by atoms with Crippen molar-refractivity contribution in [1.29, 1.82) is 0 Å². The van der Waals surface area contributed by atoms with Crippen LogP contribution in [0.25, 0.3) is 0 Å². The minimum Gasteiger partial charge on any atom is -0.391 e. The highest BCUT2D eigenvalue weighted by Gasteiger charge is 2.27. The number of nitrogens with one attached hydrogen (secondary N) is 1. The van der Waals surface area contributed by atoms with Crippen LogP contribution < -0.4 is 14.4 Å². The number of urea groups is 1. The molecule has 12 nitrogen and oxygen atoms in total. The van der Waals surface area contributed by atoms with Crippen LogP contribution in [0.1, 0.15) is 33.6 Å². The Hall–Kier alpha value is -2.58. The van der Waals surface area contributed by atoms with E-state index in [1.165, 1.54) is 12.3 Å². The van der Waals surface area contributed by atoms with E-state index < -0.39 is 11.6 Å². The zero-order valence-corrected chi connectivity index (χ0v) is 22.4. The highest BCUT2D eigenvalue weighted by atomic mass is 32.2. The molecule has 1 N–H and O–H groups in total. The van der Waals surface area contributed by atoms with Crippen molar-refractivity contribution < 1.29 is 14.3 Å². The molecule has 0 radical (unpaired) electrons. The van der Waals surface area contributed by atoms with E-state index in [-0.39, 0.29) is 11.9 Å². The molecular formula is C21H33N9O3S2. The van der Waals surface area contributed by atoms with Crippen molar-refractivity contribution in [2.24, 2.45) is 0 Å². The van der Waals surface area contributed by atoms with Crippen LogP contribution in [0.3, 0.4) is 0 Å². The average molecular weight is 524 g/mol. The smallest absolute Gasteiger partial charge is 0.391 e. The zero-order chi connectivity index (χ0) is 25.6. The number of thioether (sulfide) groups is 1. The Balaban J connectivity index is 1.46. The Morgan fingerprint density at radius 3 is 2.57 bits per heavy atom. The number of anilines is 1. The molecule has 0 spiro atoms. The summed E-state index contributed by atoms with van der Waals surface area (Å²) in [7, 11) is 4.02. The van der Waals surface area contributed by atoms with Crippen LogP contribution in [-0.2, 0) is 6.54 Å². The summed E-state index contributed by atoms with van der Waals surface area (Å²) in [6.45, 7) is 8.37. The molecule has 0 unspecified atom stereocenters. The van der Waals surface area contributed by atoms with Gasteiger partial charge >= 0.3 is 12.1 Å². The molecule has 0 aliphatic carbocycles. The second-order valence-electron chi connectivity index (χ2n) is 9.51. The molecule has 1 aliphatic heterocycles. The van der Waals surface area contributed by atoms with Gasteiger partial charge in [-0.05, 0) is 64.2 Å². The lowest BCUT2D eigenvalue weighted by Gasteiger charge is -2.30. The second-order valence-corrected chi connectivity index (χ2v) is 11.2. The van der Waals surface area contributed by atoms with E-state index in [1.54, 1.807) is 22.7 Å². The van der Waals surface area contributed by atoms with Gasteiger partial charge in [0.25, 0.3) is 0 Å². The molecule has 0 saturated carbocycles. The number of thiol groups is 1. The second kappa shape index (κ2) is 11.9. The lowest BCUT2D eigenvalue weighted by atomic mass is 10.1. The minimum atomic E-state index is -0.447. The first kappa shape index (κ1) is 27.0. The summed E-state index contributed by atoms with van der Waals surface area (Å²) < 4.78 is 8.40. The van der Waals surface area contributed by atoms with Gasteiger partial charge in [0.15, 0.2) is 0 Å². The summed E-state index contributed by atoms with van der Waals surface area (Å²) in [5, 5.41) is 15.9. The van der Waals surface area contributed by atoms with E-state index in [4.69, 9.17) is 4.74 Å². The molecule has 2 aromatic rings. The molecule has 0 aromatic carbocycles. The van der Waals surface area contributed by atoms with E-state index in [1.807, 2.05) is 39.5 Å². The fourth-order valence-electron chi connectivity index (χ4n) is 3.22. The van der Waals surface area contributed by atoms with Gasteiger partial charge in [0.05, 0.1) is 18.4 Å². The van der Waals surface area contributed by atoms with Gasteiger partial charge in [-0.2, -0.15) is 0 Å². The van der Waals surface area contributed by atoms with Crippen LogP contribution in [-0.4, -0.2) is 91.6 Å². The number of tetrazole rings is 1. The zero-order valence-electron chi connectivity index (χ0n) is 20.7. The van der Waals surface area contributed by atoms with Crippen molar-refractivity contribution in [3.05, 3.63) is 18.3 Å². The number of rotatable bonds is 7. The van der Waals surface area contributed by atoms with Gasteiger partial charge in [-0.15, -0.1) is 5.10 Å². The maximum absolute atomic E-state index is 12.6. The monoisotopic (exact) mass is 523 g/mol. The first-order valence-electron chi connectivity index (χ1n) is 11.3. The number of aromatic nitrogens is 5. The molecular weight excluding hydrogens is 490 g/mol. The van der Waals surface area contributed by atoms with Gasteiger partial charge in [-0.1, -0.05) is 24.6 Å². The molecule has 0 atom stereocenters. The van der Waals surface area contributed by atoms with Gasteiger partial charge in [-0.3, -0.25) is 0 Å². The van der Waals surface area contributed by atoms with Crippen LogP contribution >= 0.6 is 24.6 Å². The molecule has 1 aliphatic rings. The summed E-state index contributed by atoms with van der Waals surface area (Å²) in [6.07, 6.45) is 2.60. The third-order valence-corrected chi connectivity index (χ3v) is 6.78. The van der Waals surface area contributed by atoms with Crippen LogP contribution in [0.4, 0.5) is 15.3 Å². The number of pyridine rings is 1.